The van der Waals surface area contributed by atoms with Gasteiger partial charge in [0.25, 0.3) is 0 Å². The minimum Gasteiger partial charge on any atom is -0.495 e. The maximum absolute atomic E-state index is 12.3. The molecule has 1 N–H and O–H groups in total. The molecule has 128 valence electrons. The Morgan fingerprint density at radius 1 is 1.35 bits per heavy atom. The second kappa shape index (κ2) is 7.88. The van der Waals surface area contributed by atoms with Crippen LogP contribution in [0.3, 0.4) is 0 Å². The Morgan fingerprint density at radius 3 is 2.78 bits per heavy atom. The molecule has 5 nitrogen and oxygen atoms in total. The Bertz CT molecular complexity index is 559. The van der Waals surface area contributed by atoms with Gasteiger partial charge in [-0.15, -0.1) is 12.4 Å². The van der Waals surface area contributed by atoms with Gasteiger partial charge in [0.05, 0.1) is 19.3 Å². The van der Waals surface area contributed by atoms with Crippen molar-refractivity contribution in [1.29, 1.82) is 0 Å². The molecule has 0 radical (unpaired) electrons. The van der Waals surface area contributed by atoms with Crippen LogP contribution in [-0.2, 0) is 11.2 Å². The number of ether oxygens (including phenoxy) is 2. The van der Waals surface area contributed by atoms with E-state index in [4.69, 9.17) is 9.47 Å². The van der Waals surface area contributed by atoms with Crippen LogP contribution in [0.25, 0.3) is 0 Å². The van der Waals surface area contributed by atoms with Gasteiger partial charge in [-0.3, -0.25) is 9.69 Å². The van der Waals surface area contributed by atoms with Crippen LogP contribution in [-0.4, -0.2) is 43.7 Å². The molecule has 3 rings (SSSR count). The zero-order chi connectivity index (χ0) is 15.5. The molecule has 0 spiro atoms. The highest BCUT2D eigenvalue weighted by molar-refractivity contribution is 5.94. The second-order valence-electron chi connectivity index (χ2n) is 6.18. The number of likely N-dealkylation sites (tertiary alicyclic amines) is 1. The van der Waals surface area contributed by atoms with Gasteiger partial charge in [0.15, 0.2) is 0 Å². The molecule has 1 atom stereocenters. The predicted molar refractivity (Wildman–Crippen MR) is 93.0 cm³/mol. The number of fused-ring (bicyclic) bond motifs is 1. The molecule has 6 heteroatoms. The van der Waals surface area contributed by atoms with E-state index in [1.165, 1.54) is 19.3 Å². The summed E-state index contributed by atoms with van der Waals surface area (Å²) in [5, 5.41) is 2.97. The maximum atomic E-state index is 12.3. The smallest absolute Gasteiger partial charge is 0.238 e. The average molecular weight is 341 g/mol. The number of carbonyl (C=O) groups excluding carboxylic acids is 1. The maximum Gasteiger partial charge on any atom is 0.238 e. The largest absolute Gasteiger partial charge is 0.495 e. The van der Waals surface area contributed by atoms with E-state index in [0.717, 1.165) is 30.8 Å². The van der Waals surface area contributed by atoms with Gasteiger partial charge in [-0.2, -0.15) is 0 Å². The van der Waals surface area contributed by atoms with Crippen molar-refractivity contribution in [2.45, 2.75) is 38.7 Å². The Labute approximate surface area is 143 Å². The summed E-state index contributed by atoms with van der Waals surface area (Å²) in [5.41, 5.74) is 1.83. The van der Waals surface area contributed by atoms with Gasteiger partial charge < -0.3 is 14.8 Å². The van der Waals surface area contributed by atoms with E-state index in [9.17, 15) is 4.79 Å². The van der Waals surface area contributed by atoms with Crippen molar-refractivity contribution in [1.82, 2.24) is 4.90 Å². The Balaban J connectivity index is 0.00000192. The lowest BCUT2D eigenvalue weighted by atomic mass is 10.1. The van der Waals surface area contributed by atoms with Gasteiger partial charge in [0, 0.05) is 18.1 Å². The molecule has 2 aliphatic heterocycles. The minimum atomic E-state index is 0. The highest BCUT2D eigenvalue weighted by atomic mass is 35.5. The van der Waals surface area contributed by atoms with E-state index in [-0.39, 0.29) is 24.4 Å². The lowest BCUT2D eigenvalue weighted by molar-refractivity contribution is -0.117. The van der Waals surface area contributed by atoms with Crippen molar-refractivity contribution in [3.8, 4) is 11.5 Å². The quantitative estimate of drug-likeness (QED) is 0.915. The zero-order valence-corrected chi connectivity index (χ0v) is 14.6. The molecular formula is C17H25ClN2O3. The van der Waals surface area contributed by atoms with Crippen LogP contribution in [0.5, 0.6) is 11.5 Å². The molecule has 2 heterocycles. The fraction of sp³-hybridized carbons (Fsp3) is 0.588. The summed E-state index contributed by atoms with van der Waals surface area (Å²) in [4.78, 5) is 14.5. The summed E-state index contributed by atoms with van der Waals surface area (Å²) in [7, 11) is 1.63. The molecule has 1 fully saturated rings. The van der Waals surface area contributed by atoms with Crippen LogP contribution < -0.4 is 14.8 Å². The van der Waals surface area contributed by atoms with Crippen molar-refractivity contribution in [3.63, 3.8) is 0 Å². The van der Waals surface area contributed by atoms with Crippen molar-refractivity contribution < 1.29 is 14.3 Å². The number of amides is 1. The lowest BCUT2D eigenvalue weighted by Crippen LogP contribution is -2.36. The number of hydrogen-bond acceptors (Lipinski definition) is 4. The van der Waals surface area contributed by atoms with E-state index in [0.29, 0.717) is 18.0 Å². The number of nitrogens with one attached hydrogen (secondary N) is 1. The van der Waals surface area contributed by atoms with E-state index in [1.54, 1.807) is 7.11 Å². The summed E-state index contributed by atoms with van der Waals surface area (Å²) >= 11 is 0. The summed E-state index contributed by atoms with van der Waals surface area (Å²) in [6.45, 7) is 4.50. The third kappa shape index (κ3) is 4.30. The Kier molecular flexibility index (Phi) is 6.13. The summed E-state index contributed by atoms with van der Waals surface area (Å²) in [6, 6.07) is 3.85. The molecule has 2 aliphatic rings. The summed E-state index contributed by atoms with van der Waals surface area (Å²) in [6.07, 6.45) is 4.70. The number of methoxy groups -OCH3 is 1. The first-order chi connectivity index (χ1) is 10.7. The van der Waals surface area contributed by atoms with Gasteiger partial charge in [-0.25, -0.2) is 0 Å². The molecule has 0 saturated carbocycles. The standard InChI is InChI=1S/C17H24N2O3.ClH/c1-12-8-13-9-16(21-2)14(10-15(13)22-12)18-17(20)11-19-6-4-3-5-7-19;/h9-10,12H,3-8,11H2,1-2H3,(H,18,20);1H. The fourth-order valence-corrected chi connectivity index (χ4v) is 3.22. The lowest BCUT2D eigenvalue weighted by Gasteiger charge is -2.25. The molecule has 1 aromatic carbocycles. The van der Waals surface area contributed by atoms with E-state index in [2.05, 4.69) is 10.2 Å². The molecular weight excluding hydrogens is 316 g/mol. The van der Waals surface area contributed by atoms with Gasteiger partial charge in [0.2, 0.25) is 5.91 Å². The van der Waals surface area contributed by atoms with Gasteiger partial charge in [0.1, 0.15) is 17.6 Å². The first kappa shape index (κ1) is 17.9. The van der Waals surface area contributed by atoms with Crippen LogP contribution in [0.2, 0.25) is 0 Å². The van der Waals surface area contributed by atoms with Gasteiger partial charge in [-0.05, 0) is 38.9 Å². The van der Waals surface area contributed by atoms with Crippen molar-refractivity contribution in [3.05, 3.63) is 17.7 Å². The average Bonchev–Trinajstić information content (AvgIpc) is 2.86. The number of carbonyl (C=O) groups is 1. The third-order valence-electron chi connectivity index (χ3n) is 4.31. The number of nitrogens with zero attached hydrogens (tertiary/aromatic N) is 1. The second-order valence-corrected chi connectivity index (χ2v) is 6.18. The van der Waals surface area contributed by atoms with E-state index in [1.807, 2.05) is 19.1 Å². The molecule has 1 unspecified atom stereocenters. The van der Waals surface area contributed by atoms with Crippen molar-refractivity contribution >= 4 is 24.0 Å². The SMILES string of the molecule is COc1cc2c(cc1NC(=O)CN1CCCCC1)OC(C)C2.Cl. The van der Waals surface area contributed by atoms with Gasteiger partial charge in [-0.1, -0.05) is 6.42 Å². The molecule has 0 aromatic heterocycles. The molecule has 1 saturated heterocycles. The molecule has 1 aromatic rings. The molecule has 0 bridgehead atoms. The van der Waals surface area contributed by atoms with E-state index >= 15 is 0 Å². The topological polar surface area (TPSA) is 50.8 Å². The third-order valence-corrected chi connectivity index (χ3v) is 4.31. The number of piperidine rings is 1. The van der Waals surface area contributed by atoms with Crippen molar-refractivity contribution in [2.24, 2.45) is 0 Å². The Hall–Kier alpha value is -1.46. The predicted octanol–water partition coefficient (Wildman–Crippen LogP) is 2.86. The highest BCUT2D eigenvalue weighted by Gasteiger charge is 2.23. The zero-order valence-electron chi connectivity index (χ0n) is 13.8. The first-order valence-electron chi connectivity index (χ1n) is 8.05. The number of halogens is 1. The number of anilines is 1. The van der Waals surface area contributed by atoms with Crippen LogP contribution in [0, 0.1) is 0 Å². The van der Waals surface area contributed by atoms with Crippen LogP contribution in [0.4, 0.5) is 5.69 Å². The number of rotatable bonds is 4. The minimum absolute atomic E-state index is 0. The Morgan fingerprint density at radius 2 is 2.09 bits per heavy atom. The number of hydrogen-bond donors (Lipinski definition) is 1. The van der Waals surface area contributed by atoms with Crippen LogP contribution in [0.15, 0.2) is 12.1 Å². The van der Waals surface area contributed by atoms with Gasteiger partial charge >= 0.3 is 0 Å². The fourth-order valence-electron chi connectivity index (χ4n) is 3.22. The number of benzene rings is 1. The van der Waals surface area contributed by atoms with Crippen LogP contribution >= 0.6 is 12.4 Å². The van der Waals surface area contributed by atoms with Crippen molar-refractivity contribution in [2.75, 3.05) is 32.1 Å². The summed E-state index contributed by atoms with van der Waals surface area (Å²) in [5.74, 6) is 1.55. The first-order valence-corrected chi connectivity index (χ1v) is 8.05. The molecule has 23 heavy (non-hydrogen) atoms. The monoisotopic (exact) mass is 340 g/mol. The normalized spacial score (nSPS) is 20.2. The summed E-state index contributed by atoms with van der Waals surface area (Å²) < 4.78 is 11.2. The molecule has 0 aliphatic carbocycles. The van der Waals surface area contributed by atoms with E-state index < -0.39 is 0 Å². The highest BCUT2D eigenvalue weighted by Crippen LogP contribution is 2.37. The van der Waals surface area contributed by atoms with Crippen LogP contribution in [0.1, 0.15) is 31.7 Å². The molecule has 1 amide bonds.